The number of nitrogens with two attached hydrogens (primary N) is 1. The Bertz CT molecular complexity index is 408. The first-order valence-corrected chi connectivity index (χ1v) is 5.20. The van der Waals surface area contributed by atoms with Crippen LogP contribution in [0.2, 0.25) is 0 Å². The van der Waals surface area contributed by atoms with Gasteiger partial charge in [0.25, 0.3) is 0 Å². The van der Waals surface area contributed by atoms with Crippen LogP contribution in [0.3, 0.4) is 0 Å². The molecular formula is C10H11N3S. The molecule has 0 radical (unpaired) electrons. The van der Waals surface area contributed by atoms with Crippen LogP contribution in [-0.4, -0.2) is 9.97 Å². The Hall–Kier alpha value is -1.26. The molecule has 0 bridgehead atoms. The Balaban J connectivity index is 2.34. The molecule has 0 unspecified atom stereocenters. The van der Waals surface area contributed by atoms with Gasteiger partial charge in [-0.05, 0) is 19.1 Å². The number of thiazole rings is 1. The highest BCUT2D eigenvalue weighted by atomic mass is 32.1. The van der Waals surface area contributed by atoms with Crippen molar-refractivity contribution in [3.63, 3.8) is 0 Å². The highest BCUT2D eigenvalue weighted by molar-refractivity contribution is 7.15. The van der Waals surface area contributed by atoms with Crippen LogP contribution in [0.5, 0.6) is 0 Å². The first-order valence-electron chi connectivity index (χ1n) is 4.39. The van der Waals surface area contributed by atoms with Crippen LogP contribution in [0.15, 0.2) is 30.7 Å². The third kappa shape index (κ3) is 1.81. The van der Waals surface area contributed by atoms with Crippen molar-refractivity contribution >= 4 is 11.3 Å². The first kappa shape index (κ1) is 9.30. The molecule has 0 aliphatic rings. The fourth-order valence-electron chi connectivity index (χ4n) is 1.13. The number of rotatable bonds is 2. The van der Waals surface area contributed by atoms with Crippen molar-refractivity contribution in [1.82, 2.24) is 9.97 Å². The molecule has 72 valence electrons. The Morgan fingerprint density at radius 3 is 2.64 bits per heavy atom. The smallest absolute Gasteiger partial charge is 0.123 e. The molecule has 14 heavy (non-hydrogen) atoms. The molecule has 0 amide bonds. The quantitative estimate of drug-likeness (QED) is 0.818. The molecule has 2 aromatic rings. The maximum atomic E-state index is 5.76. The van der Waals surface area contributed by atoms with Gasteiger partial charge in [0.05, 0.1) is 0 Å². The summed E-state index contributed by atoms with van der Waals surface area (Å²) < 4.78 is 0. The molecule has 0 fully saturated rings. The molecule has 0 saturated heterocycles. The van der Waals surface area contributed by atoms with E-state index < -0.39 is 0 Å². The molecule has 3 nitrogen and oxygen atoms in total. The highest BCUT2D eigenvalue weighted by Gasteiger charge is 2.06. The van der Waals surface area contributed by atoms with Gasteiger partial charge in [0.1, 0.15) is 5.01 Å². The van der Waals surface area contributed by atoms with Gasteiger partial charge in [-0.15, -0.1) is 11.3 Å². The third-order valence-corrected chi connectivity index (χ3v) is 3.15. The van der Waals surface area contributed by atoms with Gasteiger partial charge in [-0.25, -0.2) is 4.98 Å². The number of aromatic nitrogens is 2. The van der Waals surface area contributed by atoms with Crippen LogP contribution in [0.4, 0.5) is 0 Å². The number of nitrogens with zero attached hydrogens (tertiary/aromatic N) is 2. The summed E-state index contributed by atoms with van der Waals surface area (Å²) in [5.41, 5.74) is 6.86. The van der Waals surface area contributed by atoms with Crippen molar-refractivity contribution in [3.05, 3.63) is 35.6 Å². The minimum atomic E-state index is 0.0584. The summed E-state index contributed by atoms with van der Waals surface area (Å²) in [6.45, 7) is 1.96. The predicted molar refractivity (Wildman–Crippen MR) is 57.9 cm³/mol. The number of hydrogen-bond acceptors (Lipinski definition) is 4. The molecule has 2 heterocycles. The van der Waals surface area contributed by atoms with E-state index in [1.54, 1.807) is 23.7 Å². The summed E-state index contributed by atoms with van der Waals surface area (Å²) in [5, 5.41) is 1.000. The highest BCUT2D eigenvalue weighted by Crippen LogP contribution is 2.26. The van der Waals surface area contributed by atoms with Gasteiger partial charge in [0.15, 0.2) is 0 Å². The van der Waals surface area contributed by atoms with Gasteiger partial charge in [0, 0.05) is 35.1 Å². The second-order valence-electron chi connectivity index (χ2n) is 3.09. The zero-order valence-corrected chi connectivity index (χ0v) is 8.66. The van der Waals surface area contributed by atoms with Crippen LogP contribution in [0.25, 0.3) is 10.6 Å². The lowest BCUT2D eigenvalue weighted by atomic mass is 10.3. The average molecular weight is 205 g/mol. The zero-order valence-electron chi connectivity index (χ0n) is 7.84. The normalized spacial score (nSPS) is 12.7. The van der Waals surface area contributed by atoms with Crippen molar-refractivity contribution < 1.29 is 0 Å². The fraction of sp³-hybridized carbons (Fsp3) is 0.200. The molecule has 2 N–H and O–H groups in total. The minimum absolute atomic E-state index is 0.0584. The van der Waals surface area contributed by atoms with Crippen molar-refractivity contribution in [2.24, 2.45) is 5.73 Å². The van der Waals surface area contributed by atoms with Crippen LogP contribution < -0.4 is 5.73 Å². The van der Waals surface area contributed by atoms with E-state index in [2.05, 4.69) is 9.97 Å². The lowest BCUT2D eigenvalue weighted by Crippen LogP contribution is -2.01. The van der Waals surface area contributed by atoms with Crippen LogP contribution in [-0.2, 0) is 0 Å². The average Bonchev–Trinajstić information content (AvgIpc) is 2.68. The first-order chi connectivity index (χ1) is 6.77. The van der Waals surface area contributed by atoms with E-state index in [-0.39, 0.29) is 6.04 Å². The van der Waals surface area contributed by atoms with Crippen LogP contribution in [0, 0.1) is 0 Å². The maximum absolute atomic E-state index is 5.76. The largest absolute Gasteiger partial charge is 0.323 e. The summed E-state index contributed by atoms with van der Waals surface area (Å²) in [6.07, 6.45) is 5.37. The minimum Gasteiger partial charge on any atom is -0.323 e. The monoisotopic (exact) mass is 205 g/mol. The Labute approximate surface area is 86.6 Å². The van der Waals surface area contributed by atoms with Crippen molar-refractivity contribution in [2.45, 2.75) is 13.0 Å². The summed E-state index contributed by atoms with van der Waals surface area (Å²) in [6, 6.07) is 3.95. The van der Waals surface area contributed by atoms with Crippen molar-refractivity contribution in [3.8, 4) is 10.6 Å². The maximum Gasteiger partial charge on any atom is 0.123 e. The lowest BCUT2D eigenvalue weighted by Gasteiger charge is -1.97. The Morgan fingerprint density at radius 2 is 2.07 bits per heavy atom. The molecule has 4 heteroatoms. The van der Waals surface area contributed by atoms with Crippen LogP contribution in [0.1, 0.15) is 17.8 Å². The van der Waals surface area contributed by atoms with E-state index in [0.717, 1.165) is 15.4 Å². The number of pyridine rings is 1. The predicted octanol–water partition coefficient (Wildman–Crippen LogP) is 2.22. The third-order valence-electron chi connectivity index (χ3n) is 1.90. The molecule has 0 saturated carbocycles. The second kappa shape index (κ2) is 3.86. The van der Waals surface area contributed by atoms with Crippen molar-refractivity contribution in [1.29, 1.82) is 0 Å². The summed E-state index contributed by atoms with van der Waals surface area (Å²) in [4.78, 5) is 9.39. The zero-order chi connectivity index (χ0) is 9.97. The standard InChI is InChI=1S/C10H11N3S/c1-7(11)9-6-13-10(14-9)8-2-4-12-5-3-8/h2-7H,11H2,1H3/t7-/m0/s1. The summed E-state index contributed by atoms with van der Waals surface area (Å²) in [7, 11) is 0. The molecular weight excluding hydrogens is 194 g/mol. The van der Waals surface area contributed by atoms with E-state index >= 15 is 0 Å². The van der Waals surface area contributed by atoms with E-state index in [0.29, 0.717) is 0 Å². The second-order valence-corrected chi connectivity index (χ2v) is 4.15. The topological polar surface area (TPSA) is 51.8 Å². The molecule has 0 aromatic carbocycles. The number of hydrogen-bond donors (Lipinski definition) is 1. The van der Waals surface area contributed by atoms with Gasteiger partial charge < -0.3 is 5.73 Å². The van der Waals surface area contributed by atoms with Gasteiger partial charge in [-0.2, -0.15) is 0 Å². The van der Waals surface area contributed by atoms with E-state index in [9.17, 15) is 0 Å². The molecule has 0 aliphatic carbocycles. The molecule has 0 spiro atoms. The van der Waals surface area contributed by atoms with Gasteiger partial charge >= 0.3 is 0 Å². The van der Waals surface area contributed by atoms with E-state index in [1.807, 2.05) is 25.3 Å². The lowest BCUT2D eigenvalue weighted by molar-refractivity contribution is 0.835. The van der Waals surface area contributed by atoms with Crippen LogP contribution >= 0.6 is 11.3 Å². The SMILES string of the molecule is C[C@H](N)c1cnc(-c2ccncc2)s1. The molecule has 0 aliphatic heterocycles. The molecule has 2 aromatic heterocycles. The molecule has 1 atom stereocenters. The summed E-state index contributed by atoms with van der Waals surface area (Å²) in [5.74, 6) is 0. The molecule has 2 rings (SSSR count). The van der Waals surface area contributed by atoms with E-state index in [1.165, 1.54) is 0 Å². The van der Waals surface area contributed by atoms with E-state index in [4.69, 9.17) is 5.73 Å². The Kier molecular flexibility index (Phi) is 2.56. The van der Waals surface area contributed by atoms with Gasteiger partial charge in [0.2, 0.25) is 0 Å². The van der Waals surface area contributed by atoms with Crippen molar-refractivity contribution in [2.75, 3.05) is 0 Å². The van der Waals surface area contributed by atoms with Gasteiger partial charge in [-0.1, -0.05) is 0 Å². The Morgan fingerprint density at radius 1 is 1.36 bits per heavy atom. The summed E-state index contributed by atoms with van der Waals surface area (Å²) >= 11 is 1.63. The van der Waals surface area contributed by atoms with Gasteiger partial charge in [-0.3, -0.25) is 4.98 Å². The fourth-order valence-corrected chi connectivity index (χ4v) is 2.00.